The van der Waals surface area contributed by atoms with Gasteiger partial charge in [-0.1, -0.05) is 45.1 Å². The fraction of sp³-hybridized carbons (Fsp3) is 0.778. The largest absolute Gasteiger partial charge is 0.457 e. The fourth-order valence-corrected chi connectivity index (χ4v) is 6.69. The summed E-state index contributed by atoms with van der Waals surface area (Å²) < 4.78 is 17.5. The predicted octanol–water partition coefficient (Wildman–Crippen LogP) is 3.49. The Labute approximate surface area is 280 Å². The molecule has 11 nitrogen and oxygen atoms in total. The van der Waals surface area contributed by atoms with E-state index in [1.807, 2.05) is 27.7 Å². The number of aliphatic hydroxyl groups excluding tert-OH is 2. The molecule has 1 aliphatic carbocycles. The lowest BCUT2D eigenvalue weighted by molar-refractivity contribution is -0.151. The highest BCUT2D eigenvalue weighted by molar-refractivity contribution is 5.70. The third-order valence-electron chi connectivity index (χ3n) is 10.2. The van der Waals surface area contributed by atoms with Gasteiger partial charge in [-0.05, 0) is 64.5 Å². The van der Waals surface area contributed by atoms with Crippen LogP contribution in [-0.2, 0) is 19.0 Å². The first-order valence-electron chi connectivity index (χ1n) is 17.5. The molecule has 1 amide bonds. The van der Waals surface area contributed by atoms with Crippen LogP contribution in [0, 0.1) is 11.8 Å². The van der Waals surface area contributed by atoms with Crippen molar-refractivity contribution in [2.45, 2.75) is 140 Å². The SMILES string of the molecule is CCC(O)C(C)C1OC1CC(C)(O)/C=C/C=C(\C)C1OC(=O)CC(O)CCC(C)(O)C(OC(=O)N2CCN(C3CC3)CC2)/C=C/C1C. The van der Waals surface area contributed by atoms with Gasteiger partial charge < -0.3 is 39.5 Å². The summed E-state index contributed by atoms with van der Waals surface area (Å²) in [5.41, 5.74) is -1.92. The second-order valence-corrected chi connectivity index (χ2v) is 14.8. The van der Waals surface area contributed by atoms with Crippen LogP contribution in [0.2, 0.25) is 0 Å². The van der Waals surface area contributed by atoms with Gasteiger partial charge in [0.25, 0.3) is 0 Å². The van der Waals surface area contributed by atoms with Crippen molar-refractivity contribution < 1.29 is 44.2 Å². The molecule has 4 N–H and O–H groups in total. The van der Waals surface area contributed by atoms with Crippen LogP contribution in [0.4, 0.5) is 4.79 Å². The Kier molecular flexibility index (Phi) is 12.7. The molecule has 0 aromatic carbocycles. The lowest BCUT2D eigenvalue weighted by Crippen LogP contribution is -2.51. The van der Waals surface area contributed by atoms with Gasteiger partial charge in [0, 0.05) is 50.5 Å². The maximum atomic E-state index is 13.2. The molecule has 3 aliphatic heterocycles. The van der Waals surface area contributed by atoms with Crippen molar-refractivity contribution in [1.29, 1.82) is 0 Å². The Morgan fingerprint density at radius 2 is 1.89 bits per heavy atom. The van der Waals surface area contributed by atoms with Crippen LogP contribution in [0.25, 0.3) is 0 Å². The molecule has 3 heterocycles. The molecular formula is C36H58N2O9. The minimum absolute atomic E-state index is 0.00902. The van der Waals surface area contributed by atoms with Crippen molar-refractivity contribution in [1.82, 2.24) is 9.80 Å². The first-order valence-corrected chi connectivity index (χ1v) is 17.5. The average Bonchev–Trinajstić information content (AvgIpc) is 3.95. The number of allylic oxidation sites excluding steroid dienone is 2. The number of aliphatic hydroxyl groups is 4. The van der Waals surface area contributed by atoms with Crippen molar-refractivity contribution in [3.63, 3.8) is 0 Å². The van der Waals surface area contributed by atoms with Crippen LogP contribution in [0.3, 0.4) is 0 Å². The number of carbonyl (C=O) groups is 2. The van der Waals surface area contributed by atoms with Gasteiger partial charge in [0.2, 0.25) is 0 Å². The van der Waals surface area contributed by atoms with E-state index in [-0.39, 0.29) is 43.3 Å². The number of nitrogens with zero attached hydrogens (tertiary/aromatic N) is 2. The summed E-state index contributed by atoms with van der Waals surface area (Å²) in [5.74, 6) is -0.933. The third kappa shape index (κ3) is 10.9. The van der Waals surface area contributed by atoms with Gasteiger partial charge in [0.05, 0.1) is 36.4 Å². The van der Waals surface area contributed by atoms with E-state index in [9.17, 15) is 30.0 Å². The van der Waals surface area contributed by atoms with Crippen molar-refractivity contribution in [3.05, 3.63) is 36.0 Å². The van der Waals surface area contributed by atoms with E-state index >= 15 is 0 Å². The number of hydrogen-bond acceptors (Lipinski definition) is 10. The topological polar surface area (TPSA) is 153 Å². The molecule has 0 aromatic heterocycles. The standard InChI is InChI=1S/C36H58N2O9/c1-7-28(40)25(4)33-29(45-33)22-35(5,43)15-8-9-23(2)32-24(3)10-13-30(36(6,44)16-14-27(39)21-31(41)47-32)46-34(42)38-19-17-37(18-20-38)26-11-12-26/h8-10,13,15,24-30,32-33,39-40,43-44H,7,11-12,14,16-22H2,1-6H3/b13-10+,15-8+,23-9+. The average molecular weight is 663 g/mol. The van der Waals surface area contributed by atoms with Crippen LogP contribution >= 0.6 is 0 Å². The summed E-state index contributed by atoms with van der Waals surface area (Å²) in [7, 11) is 0. The molecule has 0 aromatic rings. The summed E-state index contributed by atoms with van der Waals surface area (Å²) in [6.07, 6.45) is 8.26. The zero-order valence-electron chi connectivity index (χ0n) is 29.1. The van der Waals surface area contributed by atoms with E-state index in [4.69, 9.17) is 14.2 Å². The molecular weight excluding hydrogens is 604 g/mol. The number of piperazine rings is 1. The van der Waals surface area contributed by atoms with Crippen LogP contribution < -0.4 is 0 Å². The Morgan fingerprint density at radius 3 is 2.53 bits per heavy atom. The number of cyclic esters (lactones) is 1. The van der Waals surface area contributed by atoms with Gasteiger partial charge >= 0.3 is 12.1 Å². The van der Waals surface area contributed by atoms with E-state index in [0.717, 1.165) is 13.1 Å². The number of carbonyl (C=O) groups excluding carboxylic acids is 2. The van der Waals surface area contributed by atoms with Gasteiger partial charge in [-0.2, -0.15) is 0 Å². The Bertz CT molecular complexity index is 1160. The Hall–Kier alpha value is -2.28. The molecule has 1 saturated carbocycles. The molecule has 2 saturated heterocycles. The second-order valence-electron chi connectivity index (χ2n) is 14.8. The summed E-state index contributed by atoms with van der Waals surface area (Å²) in [6.45, 7) is 13.6. The summed E-state index contributed by atoms with van der Waals surface area (Å²) in [4.78, 5) is 30.1. The zero-order valence-corrected chi connectivity index (χ0v) is 29.1. The van der Waals surface area contributed by atoms with Gasteiger partial charge in [0.1, 0.15) is 11.7 Å². The number of esters is 1. The normalized spacial score (nSPS) is 36.4. The van der Waals surface area contributed by atoms with Crippen LogP contribution in [-0.4, -0.2) is 122 Å². The lowest BCUT2D eigenvalue weighted by Gasteiger charge is -2.37. The first-order chi connectivity index (χ1) is 22.1. The number of ether oxygens (including phenoxy) is 3. The first kappa shape index (κ1) is 37.5. The summed E-state index contributed by atoms with van der Waals surface area (Å²) >= 11 is 0. The monoisotopic (exact) mass is 662 g/mol. The van der Waals surface area contributed by atoms with Crippen molar-refractivity contribution in [2.24, 2.45) is 11.8 Å². The summed E-state index contributed by atoms with van der Waals surface area (Å²) in [5, 5.41) is 43.2. The molecule has 0 spiro atoms. The molecule has 3 fully saturated rings. The molecule has 0 bridgehead atoms. The predicted molar refractivity (Wildman–Crippen MR) is 177 cm³/mol. The maximum Gasteiger partial charge on any atom is 0.410 e. The number of hydrogen-bond donors (Lipinski definition) is 4. The van der Waals surface area contributed by atoms with Gasteiger partial charge in [0.15, 0.2) is 6.10 Å². The Morgan fingerprint density at radius 1 is 1.21 bits per heavy atom. The molecule has 266 valence electrons. The molecule has 4 rings (SSSR count). The van der Waals surface area contributed by atoms with Gasteiger partial charge in [-0.25, -0.2) is 4.79 Å². The fourth-order valence-electron chi connectivity index (χ4n) is 6.69. The minimum Gasteiger partial charge on any atom is -0.457 e. The quantitative estimate of drug-likeness (QED) is 0.118. The van der Waals surface area contributed by atoms with E-state index in [1.54, 1.807) is 49.1 Å². The second kappa shape index (κ2) is 16.0. The highest BCUT2D eigenvalue weighted by Crippen LogP contribution is 2.37. The van der Waals surface area contributed by atoms with E-state index in [2.05, 4.69) is 4.90 Å². The molecule has 11 heteroatoms. The minimum atomic E-state index is -1.48. The molecule has 10 unspecified atom stereocenters. The van der Waals surface area contributed by atoms with Crippen LogP contribution in [0.1, 0.15) is 86.5 Å². The zero-order chi connectivity index (χ0) is 34.5. The van der Waals surface area contributed by atoms with E-state index in [1.165, 1.54) is 12.8 Å². The molecule has 0 radical (unpaired) electrons. The highest BCUT2D eigenvalue weighted by Gasteiger charge is 2.47. The van der Waals surface area contributed by atoms with Crippen molar-refractivity contribution in [3.8, 4) is 0 Å². The third-order valence-corrected chi connectivity index (χ3v) is 10.2. The van der Waals surface area contributed by atoms with Crippen molar-refractivity contribution in [2.75, 3.05) is 26.2 Å². The Balaban J connectivity index is 1.44. The molecule has 47 heavy (non-hydrogen) atoms. The lowest BCUT2D eigenvalue weighted by atomic mass is 9.88. The van der Waals surface area contributed by atoms with E-state index in [0.29, 0.717) is 37.5 Å². The number of epoxide rings is 1. The maximum absolute atomic E-state index is 13.2. The van der Waals surface area contributed by atoms with E-state index < -0.39 is 47.7 Å². The smallest absolute Gasteiger partial charge is 0.410 e. The molecule has 10 atom stereocenters. The molecule has 4 aliphatic rings. The number of amides is 1. The van der Waals surface area contributed by atoms with Crippen molar-refractivity contribution >= 4 is 12.1 Å². The van der Waals surface area contributed by atoms with Crippen LogP contribution in [0.5, 0.6) is 0 Å². The highest BCUT2D eigenvalue weighted by atomic mass is 16.6. The van der Waals surface area contributed by atoms with Gasteiger partial charge in [-0.3, -0.25) is 9.69 Å². The summed E-state index contributed by atoms with van der Waals surface area (Å²) in [6, 6.07) is 0.638. The van der Waals surface area contributed by atoms with Crippen LogP contribution in [0.15, 0.2) is 36.0 Å². The van der Waals surface area contributed by atoms with Gasteiger partial charge in [-0.15, -0.1) is 0 Å². The number of rotatable bonds is 10.